The summed E-state index contributed by atoms with van der Waals surface area (Å²) in [6.07, 6.45) is 0.674. The zero-order valence-electron chi connectivity index (χ0n) is 10.8. The first-order chi connectivity index (χ1) is 8.69. The van der Waals surface area contributed by atoms with E-state index in [-0.39, 0.29) is 23.1 Å². The Bertz CT molecular complexity index is 353. The molecule has 1 N–H and O–H groups in total. The van der Waals surface area contributed by atoms with Gasteiger partial charge in [-0.2, -0.15) is 0 Å². The van der Waals surface area contributed by atoms with Crippen LogP contribution >= 0.6 is 11.8 Å². The predicted octanol–water partition coefficient (Wildman–Crippen LogP) is 2.79. The minimum Gasteiger partial charge on any atom is -0.465 e. The van der Waals surface area contributed by atoms with E-state index in [0.717, 1.165) is 5.56 Å². The van der Waals surface area contributed by atoms with E-state index in [1.807, 2.05) is 44.2 Å². The number of hydrogen-bond donors (Lipinski definition) is 1. The minimum absolute atomic E-state index is 0.137. The van der Waals surface area contributed by atoms with Gasteiger partial charge in [0.25, 0.3) is 0 Å². The first-order valence-electron chi connectivity index (χ1n) is 6.17. The quantitative estimate of drug-likeness (QED) is 0.772. The molecule has 0 spiro atoms. The van der Waals surface area contributed by atoms with Gasteiger partial charge < -0.3 is 9.84 Å². The van der Waals surface area contributed by atoms with Crippen LogP contribution in [0.5, 0.6) is 0 Å². The standard InChI is InChI=1S/C14H20O3S/c1-3-17-14(16)13(18-11(2)9-10-15)12-7-5-4-6-8-12/h4-8,11,13,15H,3,9-10H2,1-2H3. The van der Waals surface area contributed by atoms with Crippen molar-refractivity contribution in [1.29, 1.82) is 0 Å². The number of carbonyl (C=O) groups excluding carboxylic acids is 1. The lowest BCUT2D eigenvalue weighted by atomic mass is 10.1. The second-order valence-electron chi connectivity index (χ2n) is 4.00. The molecule has 0 fully saturated rings. The van der Waals surface area contributed by atoms with Crippen molar-refractivity contribution in [3.05, 3.63) is 35.9 Å². The summed E-state index contributed by atoms with van der Waals surface area (Å²) in [6.45, 7) is 4.34. The second kappa shape index (κ2) is 8.16. The van der Waals surface area contributed by atoms with Gasteiger partial charge in [-0.15, -0.1) is 11.8 Å². The van der Waals surface area contributed by atoms with Gasteiger partial charge in [-0.3, -0.25) is 4.79 Å². The lowest BCUT2D eigenvalue weighted by Gasteiger charge is -2.19. The third-order valence-electron chi connectivity index (χ3n) is 2.51. The first kappa shape index (κ1) is 15.1. The van der Waals surface area contributed by atoms with Crippen LogP contribution in [-0.2, 0) is 9.53 Å². The largest absolute Gasteiger partial charge is 0.465 e. The number of aliphatic hydroxyl groups is 1. The van der Waals surface area contributed by atoms with E-state index < -0.39 is 0 Å². The smallest absolute Gasteiger partial charge is 0.323 e. The van der Waals surface area contributed by atoms with Crippen LogP contribution in [0.4, 0.5) is 0 Å². The summed E-state index contributed by atoms with van der Waals surface area (Å²) in [5.41, 5.74) is 0.950. The van der Waals surface area contributed by atoms with Crippen molar-refractivity contribution >= 4 is 17.7 Å². The van der Waals surface area contributed by atoms with Crippen molar-refractivity contribution < 1.29 is 14.6 Å². The van der Waals surface area contributed by atoms with Crippen LogP contribution in [0.25, 0.3) is 0 Å². The molecule has 4 heteroatoms. The molecule has 0 saturated heterocycles. The Hall–Kier alpha value is -1.00. The third-order valence-corrected chi connectivity index (χ3v) is 3.94. The normalized spacial score (nSPS) is 13.9. The molecular formula is C14H20O3S. The molecular weight excluding hydrogens is 248 g/mol. The van der Waals surface area contributed by atoms with E-state index in [1.165, 1.54) is 11.8 Å². The summed E-state index contributed by atoms with van der Waals surface area (Å²) in [5, 5.41) is 8.83. The third kappa shape index (κ3) is 4.70. The average molecular weight is 268 g/mol. The van der Waals surface area contributed by atoms with E-state index in [2.05, 4.69) is 0 Å². The Morgan fingerprint density at radius 3 is 2.61 bits per heavy atom. The maximum absolute atomic E-state index is 12.0. The topological polar surface area (TPSA) is 46.5 Å². The Balaban J connectivity index is 2.78. The van der Waals surface area contributed by atoms with Gasteiger partial charge in [-0.1, -0.05) is 37.3 Å². The molecule has 0 aliphatic rings. The fourth-order valence-corrected chi connectivity index (χ4v) is 2.80. The molecule has 1 aromatic rings. The number of rotatable bonds is 7. The number of benzene rings is 1. The van der Waals surface area contributed by atoms with Gasteiger partial charge in [-0.25, -0.2) is 0 Å². The highest BCUT2D eigenvalue weighted by Gasteiger charge is 2.24. The number of thioether (sulfide) groups is 1. The van der Waals surface area contributed by atoms with Crippen molar-refractivity contribution in [2.24, 2.45) is 0 Å². The van der Waals surface area contributed by atoms with Gasteiger partial charge in [0.1, 0.15) is 5.25 Å². The van der Waals surface area contributed by atoms with E-state index in [1.54, 1.807) is 0 Å². The minimum atomic E-state index is -0.312. The fraction of sp³-hybridized carbons (Fsp3) is 0.500. The Morgan fingerprint density at radius 2 is 2.06 bits per heavy atom. The van der Waals surface area contributed by atoms with E-state index in [0.29, 0.717) is 13.0 Å². The lowest BCUT2D eigenvalue weighted by Crippen LogP contribution is -2.16. The number of aliphatic hydroxyl groups excluding tert-OH is 1. The molecule has 1 rings (SSSR count). The van der Waals surface area contributed by atoms with Crippen LogP contribution < -0.4 is 0 Å². The van der Waals surface area contributed by atoms with E-state index >= 15 is 0 Å². The summed E-state index contributed by atoms with van der Waals surface area (Å²) in [4.78, 5) is 12.0. The van der Waals surface area contributed by atoms with E-state index in [9.17, 15) is 4.79 Å². The summed E-state index contributed by atoms with van der Waals surface area (Å²) in [7, 11) is 0. The second-order valence-corrected chi connectivity index (χ2v) is 5.55. The molecule has 0 aliphatic carbocycles. The molecule has 0 bridgehead atoms. The molecule has 0 amide bonds. The molecule has 3 nitrogen and oxygen atoms in total. The maximum atomic E-state index is 12.0. The molecule has 0 saturated carbocycles. The van der Waals surface area contributed by atoms with Crippen molar-refractivity contribution in [3.63, 3.8) is 0 Å². The van der Waals surface area contributed by atoms with Crippen molar-refractivity contribution in [2.45, 2.75) is 30.8 Å². The van der Waals surface area contributed by atoms with Crippen molar-refractivity contribution in [3.8, 4) is 0 Å². The van der Waals surface area contributed by atoms with E-state index in [4.69, 9.17) is 9.84 Å². The van der Waals surface area contributed by atoms with Crippen LogP contribution in [0.3, 0.4) is 0 Å². The fourth-order valence-electron chi connectivity index (χ4n) is 1.60. The lowest BCUT2D eigenvalue weighted by molar-refractivity contribution is -0.142. The molecule has 0 heterocycles. The predicted molar refractivity (Wildman–Crippen MR) is 74.6 cm³/mol. The molecule has 0 aromatic heterocycles. The number of ether oxygens (including phenoxy) is 1. The van der Waals surface area contributed by atoms with Crippen LogP contribution in [0, 0.1) is 0 Å². The van der Waals surface area contributed by atoms with Gasteiger partial charge in [-0.05, 0) is 18.9 Å². The van der Waals surface area contributed by atoms with Gasteiger partial charge >= 0.3 is 5.97 Å². The average Bonchev–Trinajstić information content (AvgIpc) is 2.37. The van der Waals surface area contributed by atoms with Crippen LogP contribution in [0.2, 0.25) is 0 Å². The number of esters is 1. The van der Waals surface area contributed by atoms with Crippen LogP contribution in [0.1, 0.15) is 31.1 Å². The molecule has 2 atom stereocenters. The van der Waals surface area contributed by atoms with Crippen LogP contribution in [-0.4, -0.2) is 29.5 Å². The van der Waals surface area contributed by atoms with Gasteiger partial charge in [0.15, 0.2) is 0 Å². The van der Waals surface area contributed by atoms with Gasteiger partial charge in [0.05, 0.1) is 6.61 Å². The molecule has 18 heavy (non-hydrogen) atoms. The zero-order chi connectivity index (χ0) is 13.4. The molecule has 100 valence electrons. The summed E-state index contributed by atoms with van der Waals surface area (Å²) < 4.78 is 5.12. The monoisotopic (exact) mass is 268 g/mol. The Labute approximate surface area is 113 Å². The SMILES string of the molecule is CCOC(=O)C(SC(C)CCO)c1ccccc1. The summed E-state index contributed by atoms with van der Waals surface area (Å²) >= 11 is 1.54. The Morgan fingerprint density at radius 1 is 1.39 bits per heavy atom. The Kier molecular flexibility index (Phi) is 6.83. The van der Waals surface area contributed by atoms with Crippen molar-refractivity contribution in [1.82, 2.24) is 0 Å². The van der Waals surface area contributed by atoms with Gasteiger partial charge in [0.2, 0.25) is 0 Å². The zero-order valence-corrected chi connectivity index (χ0v) is 11.7. The molecule has 1 aromatic carbocycles. The number of carbonyl (C=O) groups is 1. The molecule has 0 aliphatic heterocycles. The number of hydrogen-bond acceptors (Lipinski definition) is 4. The van der Waals surface area contributed by atoms with Gasteiger partial charge in [0, 0.05) is 11.9 Å². The van der Waals surface area contributed by atoms with Crippen molar-refractivity contribution in [2.75, 3.05) is 13.2 Å². The summed E-state index contributed by atoms with van der Waals surface area (Å²) in [6, 6.07) is 9.62. The summed E-state index contributed by atoms with van der Waals surface area (Å²) in [5.74, 6) is -0.210. The van der Waals surface area contributed by atoms with Crippen LogP contribution in [0.15, 0.2) is 30.3 Å². The first-order valence-corrected chi connectivity index (χ1v) is 7.11. The highest BCUT2D eigenvalue weighted by molar-refractivity contribution is 8.00. The maximum Gasteiger partial charge on any atom is 0.323 e. The molecule has 0 radical (unpaired) electrons. The highest BCUT2D eigenvalue weighted by Crippen LogP contribution is 2.34. The molecule has 2 unspecified atom stereocenters. The highest BCUT2D eigenvalue weighted by atomic mass is 32.2.